The maximum Gasteiger partial charge on any atom is 0.258 e. The first-order chi connectivity index (χ1) is 12.4. The minimum absolute atomic E-state index is 0.216. The van der Waals surface area contributed by atoms with Crippen LogP contribution in [-0.2, 0) is 6.42 Å². The topological polar surface area (TPSA) is 92.7 Å². The van der Waals surface area contributed by atoms with Crippen LogP contribution in [0, 0.1) is 13.8 Å². The Morgan fingerprint density at radius 3 is 2.69 bits per heavy atom. The van der Waals surface area contributed by atoms with E-state index >= 15 is 0 Å². The fourth-order valence-corrected chi connectivity index (χ4v) is 2.91. The monoisotopic (exact) mass is 371 g/mol. The Morgan fingerprint density at radius 2 is 2.04 bits per heavy atom. The molecule has 0 aliphatic heterocycles. The van der Waals surface area contributed by atoms with E-state index in [9.17, 15) is 9.59 Å². The summed E-state index contributed by atoms with van der Waals surface area (Å²) in [6, 6.07) is 8.45. The van der Waals surface area contributed by atoms with Crippen molar-refractivity contribution in [2.24, 2.45) is 0 Å². The lowest BCUT2D eigenvalue weighted by molar-refractivity contribution is 0.102. The van der Waals surface area contributed by atoms with Crippen molar-refractivity contribution in [2.45, 2.75) is 27.2 Å². The normalized spacial score (nSPS) is 10.8. The van der Waals surface area contributed by atoms with E-state index in [1.54, 1.807) is 44.2 Å². The van der Waals surface area contributed by atoms with E-state index in [0.29, 0.717) is 39.8 Å². The number of carbonyl (C=O) groups excluding carboxylic acids is 1. The lowest BCUT2D eigenvalue weighted by Gasteiger charge is -2.10. The van der Waals surface area contributed by atoms with E-state index in [-0.39, 0.29) is 17.4 Å². The van der Waals surface area contributed by atoms with Crippen LogP contribution in [0.1, 0.15) is 34.2 Å². The van der Waals surface area contributed by atoms with Gasteiger partial charge in [-0.05, 0) is 32.4 Å². The van der Waals surface area contributed by atoms with Crippen molar-refractivity contribution in [1.82, 2.24) is 19.7 Å². The van der Waals surface area contributed by atoms with Crippen LogP contribution < -0.4 is 10.9 Å². The summed E-state index contributed by atoms with van der Waals surface area (Å²) in [5, 5.41) is 7.44. The Morgan fingerprint density at radius 1 is 1.31 bits per heavy atom. The summed E-state index contributed by atoms with van der Waals surface area (Å²) in [6.45, 7) is 5.45. The molecule has 8 heteroatoms. The summed E-state index contributed by atoms with van der Waals surface area (Å²) in [5.41, 5.74) is 2.05. The van der Waals surface area contributed by atoms with Gasteiger partial charge in [-0.25, -0.2) is 4.98 Å². The second-order valence-electron chi connectivity index (χ2n) is 5.82. The van der Waals surface area contributed by atoms with E-state index in [4.69, 9.17) is 11.6 Å². The number of rotatable bonds is 4. The molecule has 0 aliphatic carbocycles. The number of halogens is 1. The van der Waals surface area contributed by atoms with Crippen molar-refractivity contribution in [3.8, 4) is 5.95 Å². The number of H-pyrrole nitrogens is 1. The first-order valence-electron chi connectivity index (χ1n) is 8.13. The molecule has 0 atom stereocenters. The molecule has 0 fully saturated rings. The molecule has 7 nitrogen and oxygen atoms in total. The predicted molar refractivity (Wildman–Crippen MR) is 100 cm³/mol. The molecule has 0 saturated carbocycles. The van der Waals surface area contributed by atoms with Crippen molar-refractivity contribution >= 4 is 23.3 Å². The second kappa shape index (κ2) is 7.13. The molecule has 0 bridgehead atoms. The molecule has 0 unspecified atom stereocenters. The van der Waals surface area contributed by atoms with Gasteiger partial charge < -0.3 is 5.32 Å². The second-order valence-corrected chi connectivity index (χ2v) is 6.23. The Balaban J connectivity index is 2.01. The largest absolute Gasteiger partial charge is 0.306 e. The highest BCUT2D eigenvalue weighted by Crippen LogP contribution is 2.19. The summed E-state index contributed by atoms with van der Waals surface area (Å²) < 4.78 is 1.40. The number of amides is 1. The van der Waals surface area contributed by atoms with Crippen LogP contribution in [0.5, 0.6) is 0 Å². The van der Waals surface area contributed by atoms with Gasteiger partial charge >= 0.3 is 0 Å². The van der Waals surface area contributed by atoms with Gasteiger partial charge in [0.05, 0.1) is 16.3 Å². The van der Waals surface area contributed by atoms with Gasteiger partial charge in [0.15, 0.2) is 0 Å². The summed E-state index contributed by atoms with van der Waals surface area (Å²) >= 11 is 6.08. The number of anilines is 1. The molecule has 134 valence electrons. The van der Waals surface area contributed by atoms with Gasteiger partial charge in [0.1, 0.15) is 5.82 Å². The molecule has 1 amide bonds. The maximum absolute atomic E-state index is 12.5. The van der Waals surface area contributed by atoms with Crippen molar-refractivity contribution in [2.75, 3.05) is 5.32 Å². The first kappa shape index (κ1) is 17.9. The fraction of sp³-hybridized carbons (Fsp3) is 0.222. The predicted octanol–water partition coefficient (Wildman–Crippen LogP) is 3.04. The molecule has 0 spiro atoms. The van der Waals surface area contributed by atoms with E-state index in [2.05, 4.69) is 20.4 Å². The highest BCUT2D eigenvalue weighted by molar-refractivity contribution is 6.34. The Kier molecular flexibility index (Phi) is 4.90. The number of carbonyl (C=O) groups is 1. The fourth-order valence-electron chi connectivity index (χ4n) is 2.69. The summed E-state index contributed by atoms with van der Waals surface area (Å²) in [5.74, 6) is 0.257. The molecule has 0 aliphatic rings. The molecule has 26 heavy (non-hydrogen) atoms. The smallest absolute Gasteiger partial charge is 0.258 e. The van der Waals surface area contributed by atoms with Gasteiger partial charge in [-0.2, -0.15) is 9.78 Å². The average Bonchev–Trinajstić information content (AvgIpc) is 2.95. The first-order valence-corrected chi connectivity index (χ1v) is 8.51. The zero-order chi connectivity index (χ0) is 18.8. The van der Waals surface area contributed by atoms with Crippen LogP contribution >= 0.6 is 11.6 Å². The molecule has 2 heterocycles. The zero-order valence-corrected chi connectivity index (χ0v) is 15.4. The van der Waals surface area contributed by atoms with E-state index < -0.39 is 0 Å². The molecular weight excluding hydrogens is 354 g/mol. The number of hydrogen-bond acceptors (Lipinski definition) is 4. The standard InChI is InChI=1S/C18H18ClN5O2/c1-4-12-11(3)20-18(22-16(12)25)24-15(9-10(2)23-24)21-17(26)13-7-5-6-8-14(13)19/h5-9H,4H2,1-3H3,(H,21,26)(H,20,22,25). The number of hydrogen-bond donors (Lipinski definition) is 2. The van der Waals surface area contributed by atoms with Crippen LogP contribution in [0.3, 0.4) is 0 Å². The molecule has 3 aromatic rings. The number of aromatic nitrogens is 4. The van der Waals surface area contributed by atoms with Crippen molar-refractivity contribution in [3.05, 3.63) is 68.2 Å². The van der Waals surface area contributed by atoms with Gasteiger partial charge in [-0.1, -0.05) is 30.7 Å². The Bertz CT molecular complexity index is 1040. The number of aromatic amines is 1. The van der Waals surface area contributed by atoms with Gasteiger partial charge in [-0.15, -0.1) is 0 Å². The van der Waals surface area contributed by atoms with Crippen LogP contribution in [0.2, 0.25) is 5.02 Å². The van der Waals surface area contributed by atoms with E-state index in [0.717, 1.165) is 0 Å². The number of nitrogens with one attached hydrogen (secondary N) is 2. The molecule has 2 N–H and O–H groups in total. The Labute approximate surface area is 155 Å². The number of nitrogens with zero attached hydrogens (tertiary/aromatic N) is 3. The highest BCUT2D eigenvalue weighted by atomic mass is 35.5. The quantitative estimate of drug-likeness (QED) is 0.737. The van der Waals surface area contributed by atoms with Crippen molar-refractivity contribution in [3.63, 3.8) is 0 Å². The minimum Gasteiger partial charge on any atom is -0.306 e. The van der Waals surface area contributed by atoms with Gasteiger partial charge in [0.2, 0.25) is 5.95 Å². The summed E-state index contributed by atoms with van der Waals surface area (Å²) in [4.78, 5) is 31.9. The molecule has 1 aromatic carbocycles. The highest BCUT2D eigenvalue weighted by Gasteiger charge is 2.16. The average molecular weight is 372 g/mol. The Hall–Kier alpha value is -2.93. The van der Waals surface area contributed by atoms with Crippen molar-refractivity contribution in [1.29, 1.82) is 0 Å². The summed E-state index contributed by atoms with van der Waals surface area (Å²) in [7, 11) is 0. The van der Waals surface area contributed by atoms with Crippen LogP contribution in [0.15, 0.2) is 35.1 Å². The van der Waals surface area contributed by atoms with Gasteiger partial charge in [0.25, 0.3) is 11.5 Å². The van der Waals surface area contributed by atoms with Crippen molar-refractivity contribution < 1.29 is 4.79 Å². The summed E-state index contributed by atoms with van der Waals surface area (Å²) in [6.07, 6.45) is 0.586. The third-order valence-corrected chi connectivity index (χ3v) is 4.29. The number of benzene rings is 1. The molecule has 0 saturated heterocycles. The molecule has 3 rings (SSSR count). The zero-order valence-electron chi connectivity index (χ0n) is 14.6. The third-order valence-electron chi connectivity index (χ3n) is 3.96. The maximum atomic E-state index is 12.5. The molecule has 0 radical (unpaired) electrons. The lowest BCUT2D eigenvalue weighted by atomic mass is 10.2. The minimum atomic E-state index is -0.374. The van der Waals surface area contributed by atoms with E-state index in [1.165, 1.54) is 4.68 Å². The van der Waals surface area contributed by atoms with E-state index in [1.807, 2.05) is 6.92 Å². The number of aryl methyl sites for hydroxylation is 2. The SMILES string of the molecule is CCc1c(C)nc(-n2nc(C)cc2NC(=O)c2ccccc2Cl)[nH]c1=O. The van der Waals surface area contributed by atoms with Gasteiger partial charge in [0, 0.05) is 17.3 Å². The van der Waals surface area contributed by atoms with Crippen LogP contribution in [-0.4, -0.2) is 25.7 Å². The lowest BCUT2D eigenvalue weighted by Crippen LogP contribution is -2.22. The third kappa shape index (κ3) is 3.39. The molecular formula is C18H18ClN5O2. The van der Waals surface area contributed by atoms with Crippen LogP contribution in [0.4, 0.5) is 5.82 Å². The van der Waals surface area contributed by atoms with Crippen LogP contribution in [0.25, 0.3) is 5.95 Å². The van der Waals surface area contributed by atoms with Gasteiger partial charge in [-0.3, -0.25) is 14.6 Å². The molecule has 2 aromatic heterocycles.